The van der Waals surface area contributed by atoms with Crippen molar-refractivity contribution < 1.29 is 13.2 Å². The number of fused-ring (bicyclic) bond motifs is 1. The van der Waals surface area contributed by atoms with Crippen LogP contribution in [-0.4, -0.2) is 49.2 Å². The van der Waals surface area contributed by atoms with Gasteiger partial charge in [0.05, 0.1) is 0 Å². The van der Waals surface area contributed by atoms with E-state index in [4.69, 9.17) is 0 Å². The Morgan fingerprint density at radius 2 is 2.11 bits per heavy atom. The minimum absolute atomic E-state index is 0.222. The van der Waals surface area contributed by atoms with E-state index >= 15 is 0 Å². The second kappa shape index (κ2) is 4.69. The summed E-state index contributed by atoms with van der Waals surface area (Å²) in [5.41, 5.74) is 1.03. The Kier molecular flexibility index (Phi) is 3.40. The molecule has 100 valence electrons. The number of imidazole rings is 1. The number of carbonyl (C=O) groups is 1. The standard InChI is InChI=1S/C10H16N4O3S/c1-14(2)18(16,17)6-8-12-7-4-3-5-11-10(15)9(7)13-8/h3-6H2,1-2H3,(H,11,15)(H,12,13). The van der Waals surface area contributed by atoms with Crippen molar-refractivity contribution in [3.63, 3.8) is 0 Å². The molecule has 0 saturated carbocycles. The van der Waals surface area contributed by atoms with Crippen LogP contribution in [0.5, 0.6) is 0 Å². The van der Waals surface area contributed by atoms with E-state index in [0.717, 1.165) is 10.7 Å². The van der Waals surface area contributed by atoms with Crippen molar-refractivity contribution in [1.29, 1.82) is 0 Å². The highest BCUT2D eigenvalue weighted by Gasteiger charge is 2.23. The van der Waals surface area contributed by atoms with Crippen molar-refractivity contribution >= 4 is 15.9 Å². The maximum absolute atomic E-state index is 11.7. The van der Waals surface area contributed by atoms with Crippen LogP contribution >= 0.6 is 0 Å². The van der Waals surface area contributed by atoms with Crippen LogP contribution in [0, 0.1) is 0 Å². The zero-order valence-electron chi connectivity index (χ0n) is 10.4. The average Bonchev–Trinajstić information content (AvgIpc) is 2.58. The summed E-state index contributed by atoms with van der Waals surface area (Å²) in [6.07, 6.45) is 1.52. The zero-order valence-corrected chi connectivity index (χ0v) is 11.2. The molecule has 0 saturated heterocycles. The molecule has 0 bridgehead atoms. The predicted molar refractivity (Wildman–Crippen MR) is 65.6 cm³/mol. The molecule has 2 rings (SSSR count). The van der Waals surface area contributed by atoms with Crippen molar-refractivity contribution in [3.8, 4) is 0 Å². The van der Waals surface area contributed by atoms with E-state index in [9.17, 15) is 13.2 Å². The molecule has 1 amide bonds. The highest BCUT2D eigenvalue weighted by atomic mass is 32.2. The molecule has 0 fully saturated rings. The number of sulfonamides is 1. The molecular formula is C10H16N4O3S. The van der Waals surface area contributed by atoms with Crippen LogP contribution in [0.1, 0.15) is 28.4 Å². The lowest BCUT2D eigenvalue weighted by molar-refractivity contribution is 0.0951. The minimum atomic E-state index is -3.37. The van der Waals surface area contributed by atoms with Crippen LogP contribution < -0.4 is 5.32 Å². The number of hydrogen-bond acceptors (Lipinski definition) is 4. The molecule has 18 heavy (non-hydrogen) atoms. The number of hydrogen-bond donors (Lipinski definition) is 2. The van der Waals surface area contributed by atoms with Crippen LogP contribution in [-0.2, 0) is 22.2 Å². The van der Waals surface area contributed by atoms with Crippen LogP contribution in [0.4, 0.5) is 0 Å². The summed E-state index contributed by atoms with van der Waals surface area (Å²) in [5, 5.41) is 2.72. The van der Waals surface area contributed by atoms with Crippen molar-refractivity contribution in [3.05, 3.63) is 17.2 Å². The molecule has 0 aromatic carbocycles. The molecule has 0 radical (unpaired) electrons. The number of H-pyrrole nitrogens is 1. The summed E-state index contributed by atoms with van der Waals surface area (Å²) in [7, 11) is -0.433. The molecular weight excluding hydrogens is 256 g/mol. The van der Waals surface area contributed by atoms with Crippen molar-refractivity contribution in [2.45, 2.75) is 18.6 Å². The van der Waals surface area contributed by atoms with Gasteiger partial charge >= 0.3 is 0 Å². The van der Waals surface area contributed by atoms with Crippen molar-refractivity contribution in [2.75, 3.05) is 20.6 Å². The van der Waals surface area contributed by atoms with Gasteiger partial charge in [-0.15, -0.1) is 0 Å². The Hall–Kier alpha value is -1.41. The molecule has 2 N–H and O–H groups in total. The lowest BCUT2D eigenvalue weighted by atomic mass is 10.2. The van der Waals surface area contributed by atoms with Crippen LogP contribution in [0.15, 0.2) is 0 Å². The first-order chi connectivity index (χ1) is 8.40. The van der Waals surface area contributed by atoms with Gasteiger partial charge in [-0.25, -0.2) is 17.7 Å². The Morgan fingerprint density at radius 1 is 1.39 bits per heavy atom. The number of rotatable bonds is 3. The summed E-state index contributed by atoms with van der Waals surface area (Å²) in [6, 6.07) is 0. The third kappa shape index (κ3) is 2.54. The molecule has 1 aromatic heterocycles. The summed E-state index contributed by atoms with van der Waals surface area (Å²) >= 11 is 0. The average molecular weight is 272 g/mol. The van der Waals surface area contributed by atoms with Gasteiger partial charge in [0, 0.05) is 26.3 Å². The molecule has 7 nitrogen and oxygen atoms in total. The first kappa shape index (κ1) is 13.0. The van der Waals surface area contributed by atoms with Gasteiger partial charge in [0.15, 0.2) is 0 Å². The first-order valence-electron chi connectivity index (χ1n) is 5.66. The molecule has 0 spiro atoms. The number of nitrogens with one attached hydrogen (secondary N) is 2. The van der Waals surface area contributed by atoms with E-state index in [0.29, 0.717) is 30.2 Å². The van der Waals surface area contributed by atoms with Gasteiger partial charge in [-0.3, -0.25) is 4.79 Å². The maximum atomic E-state index is 11.7. The largest absolute Gasteiger partial charge is 0.351 e. The van der Waals surface area contributed by atoms with E-state index in [2.05, 4.69) is 15.3 Å². The summed E-state index contributed by atoms with van der Waals surface area (Å²) in [6.45, 7) is 0.619. The highest BCUT2D eigenvalue weighted by Crippen LogP contribution is 2.14. The third-order valence-electron chi connectivity index (χ3n) is 2.81. The Morgan fingerprint density at radius 3 is 2.78 bits per heavy atom. The summed E-state index contributed by atoms with van der Waals surface area (Å²) in [4.78, 5) is 18.7. The van der Waals surface area contributed by atoms with Crippen LogP contribution in [0.25, 0.3) is 0 Å². The zero-order chi connectivity index (χ0) is 13.3. The molecule has 1 aliphatic rings. The van der Waals surface area contributed by atoms with Gasteiger partial charge in [-0.1, -0.05) is 0 Å². The number of amides is 1. The fraction of sp³-hybridized carbons (Fsp3) is 0.600. The summed E-state index contributed by atoms with van der Waals surface area (Å²) in [5.74, 6) is -0.154. The lowest BCUT2D eigenvalue weighted by Gasteiger charge is -2.09. The highest BCUT2D eigenvalue weighted by molar-refractivity contribution is 7.88. The SMILES string of the molecule is CN(C)S(=O)(=O)Cc1nc2c([nH]1)CCCNC2=O. The fourth-order valence-corrected chi connectivity index (χ4v) is 2.49. The molecule has 1 aromatic rings. The van der Waals surface area contributed by atoms with E-state index < -0.39 is 10.0 Å². The number of aryl methyl sites for hydroxylation is 1. The normalized spacial score (nSPS) is 16.3. The van der Waals surface area contributed by atoms with Gasteiger partial charge in [0.25, 0.3) is 5.91 Å². The molecule has 0 aliphatic carbocycles. The molecule has 8 heteroatoms. The van der Waals surface area contributed by atoms with E-state index in [1.54, 1.807) is 0 Å². The van der Waals surface area contributed by atoms with Gasteiger partial charge in [-0.05, 0) is 12.8 Å². The number of aromatic amines is 1. The molecule has 0 unspecified atom stereocenters. The van der Waals surface area contributed by atoms with Gasteiger partial charge in [0.2, 0.25) is 10.0 Å². The van der Waals surface area contributed by atoms with E-state index in [1.165, 1.54) is 14.1 Å². The van der Waals surface area contributed by atoms with Crippen molar-refractivity contribution in [1.82, 2.24) is 19.6 Å². The Labute approximate surface area is 106 Å². The monoisotopic (exact) mass is 272 g/mol. The number of nitrogens with zero attached hydrogens (tertiary/aromatic N) is 2. The second-order valence-electron chi connectivity index (χ2n) is 4.41. The molecule has 0 atom stereocenters. The van der Waals surface area contributed by atoms with Gasteiger partial charge < -0.3 is 10.3 Å². The topological polar surface area (TPSA) is 95.2 Å². The lowest BCUT2D eigenvalue weighted by Crippen LogP contribution is -2.25. The fourth-order valence-electron chi connectivity index (χ4n) is 1.75. The summed E-state index contributed by atoms with van der Waals surface area (Å²) < 4.78 is 24.6. The third-order valence-corrected chi connectivity index (χ3v) is 4.56. The number of carbonyl (C=O) groups excluding carboxylic acids is 1. The maximum Gasteiger partial charge on any atom is 0.271 e. The van der Waals surface area contributed by atoms with Gasteiger partial charge in [-0.2, -0.15) is 0 Å². The first-order valence-corrected chi connectivity index (χ1v) is 7.27. The molecule has 2 heterocycles. The predicted octanol–water partition coefficient (Wildman–Crippen LogP) is -0.523. The van der Waals surface area contributed by atoms with Crippen molar-refractivity contribution in [2.24, 2.45) is 0 Å². The van der Waals surface area contributed by atoms with E-state index in [1.807, 2.05) is 0 Å². The Balaban J connectivity index is 2.28. The van der Waals surface area contributed by atoms with Crippen LogP contribution in [0.2, 0.25) is 0 Å². The van der Waals surface area contributed by atoms with E-state index in [-0.39, 0.29) is 11.7 Å². The second-order valence-corrected chi connectivity index (χ2v) is 6.59. The smallest absolute Gasteiger partial charge is 0.271 e. The number of aromatic nitrogens is 2. The van der Waals surface area contributed by atoms with Gasteiger partial charge in [0.1, 0.15) is 17.3 Å². The minimum Gasteiger partial charge on any atom is -0.351 e. The quantitative estimate of drug-likeness (QED) is 0.773. The Bertz CT molecular complexity index is 562. The molecule has 1 aliphatic heterocycles. The van der Waals surface area contributed by atoms with Crippen LogP contribution in [0.3, 0.4) is 0 Å².